The molecule has 25 heavy (non-hydrogen) atoms. The van der Waals surface area contributed by atoms with Crippen LogP contribution in [0.15, 0.2) is 54.6 Å². The maximum Gasteiger partial charge on any atom is 0.237 e. The van der Waals surface area contributed by atoms with E-state index in [9.17, 15) is 9.90 Å². The fourth-order valence-corrected chi connectivity index (χ4v) is 3.40. The Labute approximate surface area is 149 Å². The van der Waals surface area contributed by atoms with Gasteiger partial charge in [0.25, 0.3) is 0 Å². The Balaban J connectivity index is 1.58. The van der Waals surface area contributed by atoms with Crippen molar-refractivity contribution in [3.05, 3.63) is 71.3 Å². The van der Waals surface area contributed by atoms with E-state index in [1.165, 1.54) is 11.1 Å². The lowest BCUT2D eigenvalue weighted by Crippen LogP contribution is -2.50. The summed E-state index contributed by atoms with van der Waals surface area (Å²) < 4.78 is 0. The smallest absolute Gasteiger partial charge is 0.237 e. The van der Waals surface area contributed by atoms with Crippen LogP contribution in [0, 0.1) is 0 Å². The van der Waals surface area contributed by atoms with Crippen LogP contribution in [0.2, 0.25) is 0 Å². The van der Waals surface area contributed by atoms with Crippen molar-refractivity contribution in [2.45, 2.75) is 38.4 Å². The van der Waals surface area contributed by atoms with Crippen molar-refractivity contribution < 1.29 is 9.90 Å². The highest BCUT2D eigenvalue weighted by Crippen LogP contribution is 2.20. The number of hydrogen-bond donors (Lipinski definition) is 2. The Morgan fingerprint density at radius 3 is 2.52 bits per heavy atom. The molecule has 2 aromatic rings. The summed E-state index contributed by atoms with van der Waals surface area (Å²) >= 11 is 0. The molecule has 0 saturated heterocycles. The van der Waals surface area contributed by atoms with Gasteiger partial charge in [0.2, 0.25) is 5.91 Å². The lowest BCUT2D eigenvalue weighted by Gasteiger charge is -2.33. The zero-order valence-electron chi connectivity index (χ0n) is 14.7. The lowest BCUT2D eigenvalue weighted by atomic mass is 9.98. The van der Waals surface area contributed by atoms with E-state index in [1.807, 2.05) is 37.3 Å². The summed E-state index contributed by atoms with van der Waals surface area (Å²) in [6, 6.07) is 17.9. The van der Waals surface area contributed by atoms with E-state index in [0.29, 0.717) is 6.42 Å². The normalized spacial score (nSPS) is 16.7. The van der Waals surface area contributed by atoms with Crippen LogP contribution in [-0.4, -0.2) is 41.1 Å². The lowest BCUT2D eigenvalue weighted by molar-refractivity contribution is -0.127. The first-order valence-corrected chi connectivity index (χ1v) is 8.93. The molecule has 0 aliphatic carbocycles. The zero-order chi connectivity index (χ0) is 17.6. The van der Waals surface area contributed by atoms with Gasteiger partial charge in [-0.25, -0.2) is 0 Å². The zero-order valence-corrected chi connectivity index (χ0v) is 14.7. The van der Waals surface area contributed by atoms with Gasteiger partial charge in [-0.3, -0.25) is 9.69 Å². The van der Waals surface area contributed by atoms with E-state index in [1.54, 1.807) is 0 Å². The molecule has 4 heteroatoms. The maximum absolute atomic E-state index is 12.6. The van der Waals surface area contributed by atoms with Crippen molar-refractivity contribution >= 4 is 5.91 Å². The van der Waals surface area contributed by atoms with Crippen LogP contribution in [0.5, 0.6) is 0 Å². The largest absolute Gasteiger partial charge is 0.394 e. The molecule has 1 amide bonds. The Bertz CT molecular complexity index is 702. The first kappa shape index (κ1) is 17.6. The van der Waals surface area contributed by atoms with E-state index >= 15 is 0 Å². The monoisotopic (exact) mass is 338 g/mol. The molecule has 0 aromatic heterocycles. The SMILES string of the molecule is CC(C(=O)NC(CO)Cc1ccccc1)N1CCc2ccccc2C1. The molecule has 1 aliphatic rings. The first-order valence-electron chi connectivity index (χ1n) is 8.93. The summed E-state index contributed by atoms with van der Waals surface area (Å²) in [6.45, 7) is 3.57. The average molecular weight is 338 g/mol. The van der Waals surface area contributed by atoms with Gasteiger partial charge in [-0.2, -0.15) is 0 Å². The van der Waals surface area contributed by atoms with Crippen LogP contribution in [0.1, 0.15) is 23.6 Å². The van der Waals surface area contributed by atoms with E-state index in [-0.39, 0.29) is 24.6 Å². The fourth-order valence-electron chi connectivity index (χ4n) is 3.40. The van der Waals surface area contributed by atoms with E-state index < -0.39 is 0 Å². The van der Waals surface area contributed by atoms with Crippen LogP contribution >= 0.6 is 0 Å². The summed E-state index contributed by atoms with van der Waals surface area (Å²) in [6.07, 6.45) is 1.61. The molecule has 1 heterocycles. The molecule has 2 atom stereocenters. The van der Waals surface area contributed by atoms with Gasteiger partial charge < -0.3 is 10.4 Å². The molecular weight excluding hydrogens is 312 g/mol. The highest BCUT2D eigenvalue weighted by atomic mass is 16.3. The van der Waals surface area contributed by atoms with Crippen molar-refractivity contribution in [3.8, 4) is 0 Å². The van der Waals surface area contributed by atoms with Crippen LogP contribution in [0.3, 0.4) is 0 Å². The van der Waals surface area contributed by atoms with Crippen molar-refractivity contribution in [2.75, 3.05) is 13.2 Å². The molecule has 2 aromatic carbocycles. The highest BCUT2D eigenvalue weighted by molar-refractivity contribution is 5.81. The van der Waals surface area contributed by atoms with Crippen LogP contribution in [-0.2, 0) is 24.2 Å². The van der Waals surface area contributed by atoms with Gasteiger partial charge in [-0.05, 0) is 36.5 Å². The van der Waals surface area contributed by atoms with Gasteiger partial charge in [0.15, 0.2) is 0 Å². The molecule has 3 rings (SSSR count). The van der Waals surface area contributed by atoms with Crippen LogP contribution in [0.4, 0.5) is 0 Å². The minimum absolute atomic E-state index is 0.0191. The molecule has 2 N–H and O–H groups in total. The second-order valence-corrected chi connectivity index (χ2v) is 6.74. The van der Waals surface area contributed by atoms with Gasteiger partial charge in [-0.1, -0.05) is 54.6 Å². The number of aliphatic hydroxyl groups is 1. The second-order valence-electron chi connectivity index (χ2n) is 6.74. The average Bonchev–Trinajstić information content (AvgIpc) is 2.67. The second kappa shape index (κ2) is 8.28. The number of nitrogens with zero attached hydrogens (tertiary/aromatic N) is 1. The molecule has 0 fully saturated rings. The first-order chi connectivity index (χ1) is 12.2. The predicted octanol–water partition coefficient (Wildman–Crippen LogP) is 2.15. The molecule has 1 aliphatic heterocycles. The number of fused-ring (bicyclic) bond motifs is 1. The number of rotatable bonds is 6. The van der Waals surface area contributed by atoms with E-state index in [2.05, 4.69) is 34.5 Å². The number of amides is 1. The summed E-state index contributed by atoms with van der Waals surface area (Å²) in [7, 11) is 0. The molecule has 2 unspecified atom stereocenters. The van der Waals surface area contributed by atoms with Crippen molar-refractivity contribution in [2.24, 2.45) is 0 Å². The molecule has 4 nitrogen and oxygen atoms in total. The quantitative estimate of drug-likeness (QED) is 0.849. The van der Waals surface area contributed by atoms with Crippen molar-refractivity contribution in [3.63, 3.8) is 0 Å². The number of carbonyl (C=O) groups excluding carboxylic acids is 1. The molecule has 0 radical (unpaired) electrons. The molecule has 0 spiro atoms. The minimum atomic E-state index is -0.255. The third kappa shape index (κ3) is 4.47. The third-order valence-electron chi connectivity index (χ3n) is 4.98. The number of hydrogen-bond acceptors (Lipinski definition) is 3. The minimum Gasteiger partial charge on any atom is -0.394 e. The molecule has 0 saturated carbocycles. The Hall–Kier alpha value is -2.17. The van der Waals surface area contributed by atoms with Gasteiger partial charge in [0, 0.05) is 13.1 Å². The highest BCUT2D eigenvalue weighted by Gasteiger charge is 2.26. The number of aliphatic hydroxyl groups excluding tert-OH is 1. The van der Waals surface area contributed by atoms with Crippen molar-refractivity contribution in [1.82, 2.24) is 10.2 Å². The Morgan fingerprint density at radius 1 is 1.12 bits per heavy atom. The number of benzene rings is 2. The Morgan fingerprint density at radius 2 is 1.80 bits per heavy atom. The molecular formula is C21H26N2O2. The van der Waals surface area contributed by atoms with Gasteiger partial charge in [0.1, 0.15) is 0 Å². The van der Waals surface area contributed by atoms with E-state index in [4.69, 9.17) is 0 Å². The van der Waals surface area contributed by atoms with Gasteiger partial charge in [0.05, 0.1) is 18.7 Å². The van der Waals surface area contributed by atoms with Gasteiger partial charge >= 0.3 is 0 Å². The topological polar surface area (TPSA) is 52.6 Å². The maximum atomic E-state index is 12.6. The summed E-state index contributed by atoms with van der Waals surface area (Å²) in [5.41, 5.74) is 3.79. The predicted molar refractivity (Wildman–Crippen MR) is 99.2 cm³/mol. The number of carbonyl (C=O) groups is 1. The Kier molecular flexibility index (Phi) is 5.84. The summed E-state index contributed by atoms with van der Waals surface area (Å²) in [4.78, 5) is 14.9. The van der Waals surface area contributed by atoms with Crippen molar-refractivity contribution in [1.29, 1.82) is 0 Å². The van der Waals surface area contributed by atoms with Gasteiger partial charge in [-0.15, -0.1) is 0 Å². The standard InChI is InChI=1S/C21H26N2O2/c1-16(23-12-11-18-9-5-6-10-19(18)14-23)21(25)22-20(15-24)13-17-7-3-2-4-8-17/h2-10,16,20,24H,11-15H2,1H3,(H,22,25). The summed E-state index contributed by atoms with van der Waals surface area (Å²) in [5.74, 6) is -0.0191. The van der Waals surface area contributed by atoms with Crippen LogP contribution < -0.4 is 5.32 Å². The fraction of sp³-hybridized carbons (Fsp3) is 0.381. The van der Waals surface area contributed by atoms with Crippen LogP contribution in [0.25, 0.3) is 0 Å². The summed E-state index contributed by atoms with van der Waals surface area (Å²) in [5, 5.41) is 12.6. The molecule has 0 bridgehead atoms. The molecule has 132 valence electrons. The third-order valence-corrected chi connectivity index (χ3v) is 4.98. The number of nitrogens with one attached hydrogen (secondary N) is 1. The van der Waals surface area contributed by atoms with E-state index in [0.717, 1.165) is 25.1 Å².